The first-order valence-corrected chi connectivity index (χ1v) is 6.43. The summed E-state index contributed by atoms with van der Waals surface area (Å²) < 4.78 is 13.7. The smallest absolute Gasteiger partial charge is 0.132 e. The van der Waals surface area contributed by atoms with Gasteiger partial charge < -0.3 is 10.4 Å². The number of rotatable bonds is 3. The molecule has 2 N–H and O–H groups in total. The largest absolute Gasteiger partial charge is 0.508 e. The second-order valence-electron chi connectivity index (χ2n) is 4.17. The second kappa shape index (κ2) is 5.68. The molecule has 5 heteroatoms. The molecule has 100 valence electrons. The lowest BCUT2D eigenvalue weighted by molar-refractivity contribution is 0.467. The van der Waals surface area contributed by atoms with Gasteiger partial charge in [-0.3, -0.25) is 0 Å². The monoisotopic (exact) mass is 299 g/mol. The predicted octanol–water partition coefficient (Wildman–Crippen LogP) is 5.01. The molecule has 0 aliphatic carbocycles. The van der Waals surface area contributed by atoms with Crippen LogP contribution in [0.1, 0.15) is 18.5 Å². The highest BCUT2D eigenvalue weighted by atomic mass is 35.5. The van der Waals surface area contributed by atoms with Crippen molar-refractivity contribution < 1.29 is 9.50 Å². The van der Waals surface area contributed by atoms with Gasteiger partial charge in [0.2, 0.25) is 0 Å². The van der Waals surface area contributed by atoms with E-state index >= 15 is 0 Å². The average Bonchev–Trinajstić information content (AvgIpc) is 2.33. The van der Waals surface area contributed by atoms with Crippen molar-refractivity contribution in [3.63, 3.8) is 0 Å². The maximum absolute atomic E-state index is 13.7. The zero-order valence-electron chi connectivity index (χ0n) is 10.1. The molecule has 0 radical (unpaired) electrons. The van der Waals surface area contributed by atoms with Gasteiger partial charge in [0.15, 0.2) is 0 Å². The van der Waals surface area contributed by atoms with Gasteiger partial charge in [0.1, 0.15) is 11.6 Å². The summed E-state index contributed by atoms with van der Waals surface area (Å²) in [7, 11) is 0. The molecule has 0 aliphatic heterocycles. The zero-order valence-corrected chi connectivity index (χ0v) is 11.6. The highest BCUT2D eigenvalue weighted by Gasteiger charge is 2.14. The molecule has 0 spiro atoms. The van der Waals surface area contributed by atoms with Crippen LogP contribution in [-0.4, -0.2) is 5.11 Å². The molecule has 0 amide bonds. The SMILES string of the molecule is CC(Nc1c(Cl)cccc1Cl)c1ccc(O)cc1F. The molecule has 1 atom stereocenters. The lowest BCUT2D eigenvalue weighted by Crippen LogP contribution is -2.09. The summed E-state index contributed by atoms with van der Waals surface area (Å²) in [5.74, 6) is -0.590. The third kappa shape index (κ3) is 3.11. The zero-order chi connectivity index (χ0) is 14.0. The van der Waals surface area contributed by atoms with Gasteiger partial charge >= 0.3 is 0 Å². The minimum Gasteiger partial charge on any atom is -0.508 e. The Morgan fingerprint density at radius 2 is 1.79 bits per heavy atom. The number of benzene rings is 2. The molecule has 2 aromatic carbocycles. The van der Waals surface area contributed by atoms with E-state index in [-0.39, 0.29) is 11.8 Å². The first kappa shape index (κ1) is 14.0. The van der Waals surface area contributed by atoms with E-state index < -0.39 is 5.82 Å². The van der Waals surface area contributed by atoms with Crippen molar-refractivity contribution in [3.05, 3.63) is 57.8 Å². The number of phenolic OH excluding ortho intramolecular Hbond substituents is 1. The van der Waals surface area contributed by atoms with Crippen molar-refractivity contribution in [2.75, 3.05) is 5.32 Å². The molecule has 0 saturated carbocycles. The van der Waals surface area contributed by atoms with Crippen LogP contribution in [0.2, 0.25) is 10.0 Å². The van der Waals surface area contributed by atoms with Gasteiger partial charge in [0, 0.05) is 11.6 Å². The summed E-state index contributed by atoms with van der Waals surface area (Å²) >= 11 is 12.1. The van der Waals surface area contributed by atoms with Gasteiger partial charge in [0.05, 0.1) is 21.8 Å². The van der Waals surface area contributed by atoms with Crippen molar-refractivity contribution in [3.8, 4) is 5.75 Å². The van der Waals surface area contributed by atoms with Crippen molar-refractivity contribution in [1.29, 1.82) is 0 Å². The third-order valence-electron chi connectivity index (χ3n) is 2.77. The average molecular weight is 300 g/mol. The van der Waals surface area contributed by atoms with Crippen LogP contribution in [0.5, 0.6) is 5.75 Å². The fraction of sp³-hybridized carbons (Fsp3) is 0.143. The number of halogens is 3. The van der Waals surface area contributed by atoms with Crippen LogP contribution in [-0.2, 0) is 0 Å². The molecule has 0 bridgehead atoms. The van der Waals surface area contributed by atoms with Crippen LogP contribution in [0.25, 0.3) is 0 Å². The quantitative estimate of drug-likeness (QED) is 0.835. The Bertz CT molecular complexity index is 584. The Labute approximate surface area is 120 Å². The number of aromatic hydroxyl groups is 1. The predicted molar refractivity (Wildman–Crippen MR) is 76.6 cm³/mol. The number of hydrogen-bond acceptors (Lipinski definition) is 2. The molecule has 0 aliphatic rings. The third-order valence-corrected chi connectivity index (χ3v) is 3.40. The summed E-state index contributed by atoms with van der Waals surface area (Å²) in [6.45, 7) is 1.79. The van der Waals surface area contributed by atoms with E-state index in [0.717, 1.165) is 6.07 Å². The number of phenols is 1. The molecular weight excluding hydrogens is 288 g/mol. The topological polar surface area (TPSA) is 32.3 Å². The van der Waals surface area contributed by atoms with Crippen LogP contribution in [0, 0.1) is 5.82 Å². The van der Waals surface area contributed by atoms with Gasteiger partial charge in [-0.2, -0.15) is 0 Å². The molecule has 0 heterocycles. The standard InChI is InChI=1S/C14H12Cl2FNO/c1-8(10-6-5-9(19)7-13(10)17)18-14-11(15)3-2-4-12(14)16/h2-8,18-19H,1H3. The highest BCUT2D eigenvalue weighted by molar-refractivity contribution is 6.39. The molecule has 2 nitrogen and oxygen atoms in total. The summed E-state index contributed by atoms with van der Waals surface area (Å²) in [6.07, 6.45) is 0. The minimum atomic E-state index is -0.483. The molecule has 2 aromatic rings. The lowest BCUT2D eigenvalue weighted by Gasteiger charge is -2.18. The Morgan fingerprint density at radius 1 is 1.16 bits per heavy atom. The van der Waals surface area contributed by atoms with E-state index in [0.29, 0.717) is 21.3 Å². The van der Waals surface area contributed by atoms with E-state index in [2.05, 4.69) is 5.32 Å². The Morgan fingerprint density at radius 3 is 2.37 bits per heavy atom. The van der Waals surface area contributed by atoms with E-state index in [9.17, 15) is 9.50 Å². The summed E-state index contributed by atoms with van der Waals surface area (Å²) in [6, 6.07) is 8.84. The Balaban J connectivity index is 2.28. The van der Waals surface area contributed by atoms with Crippen molar-refractivity contribution in [2.45, 2.75) is 13.0 Å². The Kier molecular flexibility index (Phi) is 4.17. The first-order valence-electron chi connectivity index (χ1n) is 5.68. The van der Waals surface area contributed by atoms with E-state index in [1.807, 2.05) is 0 Å². The number of anilines is 1. The normalized spacial score (nSPS) is 12.2. The summed E-state index contributed by atoms with van der Waals surface area (Å²) in [5.41, 5.74) is 0.986. The van der Waals surface area contributed by atoms with E-state index in [1.165, 1.54) is 12.1 Å². The number of hydrogen-bond donors (Lipinski definition) is 2. The maximum atomic E-state index is 13.7. The molecule has 0 aromatic heterocycles. The second-order valence-corrected chi connectivity index (χ2v) is 4.98. The fourth-order valence-corrected chi connectivity index (χ4v) is 2.30. The molecule has 0 fully saturated rings. The summed E-state index contributed by atoms with van der Waals surface area (Å²) in [4.78, 5) is 0. The van der Waals surface area contributed by atoms with Gasteiger partial charge in [-0.1, -0.05) is 35.3 Å². The fourth-order valence-electron chi connectivity index (χ4n) is 1.80. The van der Waals surface area contributed by atoms with Crippen molar-refractivity contribution in [1.82, 2.24) is 0 Å². The molecular formula is C14H12Cl2FNO. The first-order chi connectivity index (χ1) is 8.99. The summed E-state index contributed by atoms with van der Waals surface area (Å²) in [5, 5.41) is 13.2. The van der Waals surface area contributed by atoms with Crippen molar-refractivity contribution in [2.24, 2.45) is 0 Å². The van der Waals surface area contributed by atoms with Crippen LogP contribution >= 0.6 is 23.2 Å². The van der Waals surface area contributed by atoms with Gasteiger partial charge in [-0.05, 0) is 25.1 Å². The number of nitrogens with one attached hydrogen (secondary N) is 1. The van der Waals surface area contributed by atoms with E-state index in [1.54, 1.807) is 25.1 Å². The maximum Gasteiger partial charge on any atom is 0.132 e. The Hall–Kier alpha value is -1.45. The minimum absolute atomic E-state index is 0.107. The van der Waals surface area contributed by atoms with Gasteiger partial charge in [-0.25, -0.2) is 4.39 Å². The highest BCUT2D eigenvalue weighted by Crippen LogP contribution is 2.33. The van der Waals surface area contributed by atoms with Crippen molar-refractivity contribution >= 4 is 28.9 Å². The molecule has 19 heavy (non-hydrogen) atoms. The van der Waals surface area contributed by atoms with E-state index in [4.69, 9.17) is 23.2 Å². The van der Waals surface area contributed by atoms with Crippen LogP contribution in [0.15, 0.2) is 36.4 Å². The van der Waals surface area contributed by atoms with Gasteiger partial charge in [-0.15, -0.1) is 0 Å². The number of para-hydroxylation sites is 1. The van der Waals surface area contributed by atoms with Gasteiger partial charge in [0.25, 0.3) is 0 Å². The molecule has 2 rings (SSSR count). The molecule has 1 unspecified atom stereocenters. The van der Waals surface area contributed by atoms with Crippen LogP contribution in [0.4, 0.5) is 10.1 Å². The molecule has 0 saturated heterocycles. The van der Waals surface area contributed by atoms with Crippen LogP contribution in [0.3, 0.4) is 0 Å². The van der Waals surface area contributed by atoms with Crippen LogP contribution < -0.4 is 5.32 Å². The lowest BCUT2D eigenvalue weighted by atomic mass is 10.1.